The van der Waals surface area contributed by atoms with Gasteiger partial charge in [0.05, 0.1) is 11.1 Å². The number of para-hydroxylation sites is 1. The van der Waals surface area contributed by atoms with Gasteiger partial charge in [-0.2, -0.15) is 0 Å². The highest BCUT2D eigenvalue weighted by molar-refractivity contribution is 5.93. The van der Waals surface area contributed by atoms with Crippen molar-refractivity contribution in [3.8, 4) is 0 Å². The summed E-state index contributed by atoms with van der Waals surface area (Å²) >= 11 is 0. The third kappa shape index (κ3) is 5.99. The van der Waals surface area contributed by atoms with Crippen LogP contribution in [-0.4, -0.2) is 37.2 Å². The summed E-state index contributed by atoms with van der Waals surface area (Å²) in [5.74, 6) is 0.908. The second-order valence-corrected chi connectivity index (χ2v) is 10.7. The summed E-state index contributed by atoms with van der Waals surface area (Å²) < 4.78 is 0. The van der Waals surface area contributed by atoms with Crippen LogP contribution in [-0.2, 0) is 5.54 Å². The molecule has 1 aromatic heterocycles. The predicted molar refractivity (Wildman–Crippen MR) is 152 cm³/mol. The standard InChI is InChI=1S/C30H39N5O/c1-20(2)21-10-9-11-22(18-21)30(3,4)34-29(36)32-24-16-14-23(15-17-24)31-28-19-27(35(5)6)25-12-7-8-13-26(25)33-28/h7-13,18-19,23-24H,1,14-17H2,2-6H3,(H,31,33)(H2,32,34,36)/t23-,24+. The summed E-state index contributed by atoms with van der Waals surface area (Å²) in [6.45, 7) is 10.1. The molecule has 3 N–H and O–H groups in total. The smallest absolute Gasteiger partial charge is 0.315 e. The zero-order valence-electron chi connectivity index (χ0n) is 22.2. The highest BCUT2D eigenvalue weighted by Crippen LogP contribution is 2.29. The fourth-order valence-electron chi connectivity index (χ4n) is 4.94. The Balaban J connectivity index is 1.32. The van der Waals surface area contributed by atoms with Gasteiger partial charge in [-0.3, -0.25) is 0 Å². The highest BCUT2D eigenvalue weighted by Gasteiger charge is 2.27. The monoisotopic (exact) mass is 485 g/mol. The van der Waals surface area contributed by atoms with Crippen LogP contribution in [0.4, 0.5) is 16.3 Å². The van der Waals surface area contributed by atoms with Crippen molar-refractivity contribution in [3.05, 3.63) is 72.3 Å². The maximum atomic E-state index is 12.8. The quantitative estimate of drug-likeness (QED) is 0.368. The maximum absolute atomic E-state index is 12.8. The predicted octanol–water partition coefficient (Wildman–Crippen LogP) is 6.29. The second-order valence-electron chi connectivity index (χ2n) is 10.7. The molecule has 2 aromatic carbocycles. The number of carbonyl (C=O) groups excluding carboxylic acids is 1. The number of benzene rings is 2. The lowest BCUT2D eigenvalue weighted by molar-refractivity contribution is 0.221. The van der Waals surface area contributed by atoms with Gasteiger partial charge in [-0.15, -0.1) is 0 Å². The van der Waals surface area contributed by atoms with E-state index in [1.165, 1.54) is 0 Å². The van der Waals surface area contributed by atoms with E-state index in [1.54, 1.807) is 0 Å². The van der Waals surface area contributed by atoms with Crippen molar-refractivity contribution in [2.45, 2.75) is 64.1 Å². The molecule has 1 fully saturated rings. The average molecular weight is 486 g/mol. The van der Waals surface area contributed by atoms with Crippen molar-refractivity contribution in [1.29, 1.82) is 0 Å². The van der Waals surface area contributed by atoms with Gasteiger partial charge in [-0.25, -0.2) is 9.78 Å². The molecular weight excluding hydrogens is 446 g/mol. The van der Waals surface area contributed by atoms with E-state index in [0.29, 0.717) is 6.04 Å². The Hall–Kier alpha value is -3.54. The first-order chi connectivity index (χ1) is 17.1. The van der Waals surface area contributed by atoms with Crippen molar-refractivity contribution in [3.63, 3.8) is 0 Å². The second kappa shape index (κ2) is 10.6. The van der Waals surface area contributed by atoms with Gasteiger partial charge in [0, 0.05) is 43.3 Å². The molecule has 190 valence electrons. The summed E-state index contributed by atoms with van der Waals surface area (Å²) in [6, 6.07) is 19.0. The molecule has 36 heavy (non-hydrogen) atoms. The van der Waals surface area contributed by atoms with Crippen LogP contribution in [0.1, 0.15) is 57.6 Å². The summed E-state index contributed by atoms with van der Waals surface area (Å²) in [6.07, 6.45) is 3.84. The third-order valence-electron chi connectivity index (χ3n) is 7.09. The van der Waals surface area contributed by atoms with E-state index in [-0.39, 0.29) is 12.1 Å². The van der Waals surface area contributed by atoms with Gasteiger partial charge >= 0.3 is 6.03 Å². The van der Waals surface area contributed by atoms with Crippen LogP contribution in [0, 0.1) is 0 Å². The molecule has 0 aliphatic heterocycles. The Morgan fingerprint density at radius 2 is 1.69 bits per heavy atom. The molecule has 0 atom stereocenters. The van der Waals surface area contributed by atoms with Crippen molar-refractivity contribution >= 4 is 34.0 Å². The lowest BCUT2D eigenvalue weighted by Gasteiger charge is -2.32. The lowest BCUT2D eigenvalue weighted by atomic mass is 9.90. The molecule has 1 saturated carbocycles. The molecule has 0 spiro atoms. The number of nitrogens with zero attached hydrogens (tertiary/aromatic N) is 2. The number of rotatable bonds is 7. The van der Waals surface area contributed by atoms with Crippen LogP contribution in [0.15, 0.2) is 61.2 Å². The molecule has 0 radical (unpaired) electrons. The Morgan fingerprint density at radius 1 is 1.00 bits per heavy atom. The highest BCUT2D eigenvalue weighted by atomic mass is 16.2. The van der Waals surface area contributed by atoms with Gasteiger partial charge in [0.15, 0.2) is 0 Å². The Bertz CT molecular complexity index is 1240. The topological polar surface area (TPSA) is 69.3 Å². The summed E-state index contributed by atoms with van der Waals surface area (Å²) in [7, 11) is 4.12. The van der Waals surface area contributed by atoms with Crippen LogP contribution in [0.5, 0.6) is 0 Å². The van der Waals surface area contributed by atoms with Crippen molar-refractivity contribution in [1.82, 2.24) is 15.6 Å². The first-order valence-electron chi connectivity index (χ1n) is 12.8. The number of carbonyl (C=O) groups is 1. The molecule has 0 saturated heterocycles. The van der Waals surface area contributed by atoms with E-state index in [0.717, 1.165) is 64.8 Å². The fraction of sp³-hybridized carbons (Fsp3) is 0.400. The summed E-state index contributed by atoms with van der Waals surface area (Å²) in [4.78, 5) is 19.8. The van der Waals surface area contributed by atoms with E-state index in [4.69, 9.17) is 4.98 Å². The molecule has 6 nitrogen and oxygen atoms in total. The van der Waals surface area contributed by atoms with Crippen molar-refractivity contribution in [2.24, 2.45) is 0 Å². The van der Waals surface area contributed by atoms with Gasteiger partial charge in [0.1, 0.15) is 5.82 Å². The van der Waals surface area contributed by atoms with E-state index in [1.807, 2.05) is 45.0 Å². The molecule has 2 amide bonds. The maximum Gasteiger partial charge on any atom is 0.315 e. The number of fused-ring (bicyclic) bond motifs is 1. The largest absolute Gasteiger partial charge is 0.377 e. The SMILES string of the molecule is C=C(C)c1cccc(C(C)(C)NC(=O)N[C@H]2CC[C@@H](Nc3cc(N(C)C)c4ccccc4n3)CC2)c1. The molecule has 0 bridgehead atoms. The average Bonchev–Trinajstić information content (AvgIpc) is 2.84. The number of anilines is 2. The lowest BCUT2D eigenvalue weighted by Crippen LogP contribution is -2.50. The van der Waals surface area contributed by atoms with Gasteiger partial charge in [0.2, 0.25) is 0 Å². The minimum atomic E-state index is -0.486. The molecule has 1 aliphatic rings. The van der Waals surface area contributed by atoms with Gasteiger partial charge in [0.25, 0.3) is 0 Å². The Kier molecular flexibility index (Phi) is 7.53. The number of allylic oxidation sites excluding steroid dienone is 1. The minimum absolute atomic E-state index is 0.121. The first-order valence-corrected chi connectivity index (χ1v) is 12.8. The molecule has 1 aliphatic carbocycles. The summed E-state index contributed by atoms with van der Waals surface area (Å²) in [5, 5.41) is 11.2. The zero-order valence-corrected chi connectivity index (χ0v) is 22.2. The van der Waals surface area contributed by atoms with E-state index < -0.39 is 5.54 Å². The minimum Gasteiger partial charge on any atom is -0.377 e. The van der Waals surface area contributed by atoms with E-state index in [2.05, 4.69) is 71.9 Å². The van der Waals surface area contributed by atoms with Gasteiger partial charge < -0.3 is 20.9 Å². The van der Waals surface area contributed by atoms with E-state index in [9.17, 15) is 4.79 Å². The molecular formula is C30H39N5O. The summed E-state index contributed by atoms with van der Waals surface area (Å²) in [5.41, 5.74) is 4.83. The zero-order chi connectivity index (χ0) is 25.9. The number of hydrogen-bond acceptors (Lipinski definition) is 4. The van der Waals surface area contributed by atoms with E-state index >= 15 is 0 Å². The van der Waals surface area contributed by atoms with Crippen LogP contribution in [0.25, 0.3) is 16.5 Å². The van der Waals surface area contributed by atoms with Crippen molar-refractivity contribution < 1.29 is 4.79 Å². The number of aromatic nitrogens is 1. The number of amides is 2. The third-order valence-corrected chi connectivity index (χ3v) is 7.09. The number of pyridine rings is 1. The first kappa shape index (κ1) is 25.5. The van der Waals surface area contributed by atoms with Crippen LogP contribution >= 0.6 is 0 Å². The van der Waals surface area contributed by atoms with Crippen LogP contribution in [0.3, 0.4) is 0 Å². The van der Waals surface area contributed by atoms with Gasteiger partial charge in [-0.05, 0) is 69.7 Å². The van der Waals surface area contributed by atoms with Crippen molar-refractivity contribution in [2.75, 3.05) is 24.3 Å². The molecule has 0 unspecified atom stereocenters. The molecule has 1 heterocycles. The number of urea groups is 1. The number of nitrogens with one attached hydrogen (secondary N) is 3. The number of hydrogen-bond donors (Lipinski definition) is 3. The normalized spacial score (nSPS) is 17.9. The molecule has 6 heteroatoms. The Morgan fingerprint density at radius 3 is 2.39 bits per heavy atom. The Labute approximate surface area is 215 Å². The molecule has 4 rings (SSSR count). The van der Waals surface area contributed by atoms with Crippen LogP contribution < -0.4 is 20.9 Å². The fourth-order valence-corrected chi connectivity index (χ4v) is 4.94. The van der Waals surface area contributed by atoms with Gasteiger partial charge in [-0.1, -0.05) is 48.6 Å². The molecule has 3 aromatic rings. The van der Waals surface area contributed by atoms with Crippen LogP contribution in [0.2, 0.25) is 0 Å².